The smallest absolute Gasteiger partial charge is 0.308 e. The van der Waals surface area contributed by atoms with Gasteiger partial charge in [0.05, 0.1) is 5.92 Å². The molecule has 2 unspecified atom stereocenters. The van der Waals surface area contributed by atoms with Gasteiger partial charge >= 0.3 is 5.97 Å². The van der Waals surface area contributed by atoms with Crippen LogP contribution in [0.4, 0.5) is 0 Å². The van der Waals surface area contributed by atoms with Crippen molar-refractivity contribution in [2.45, 2.75) is 38.1 Å². The van der Waals surface area contributed by atoms with E-state index in [1.54, 1.807) is 4.90 Å². The number of amides is 1. The maximum atomic E-state index is 12.4. The van der Waals surface area contributed by atoms with Crippen molar-refractivity contribution in [1.29, 1.82) is 0 Å². The van der Waals surface area contributed by atoms with Crippen molar-refractivity contribution in [3.8, 4) is 0 Å². The Morgan fingerprint density at radius 2 is 2.00 bits per heavy atom. The zero-order valence-electron chi connectivity index (χ0n) is 12.2. The Labute approximate surface area is 124 Å². The molecule has 1 saturated carbocycles. The highest BCUT2D eigenvalue weighted by atomic mass is 16.4. The van der Waals surface area contributed by atoms with E-state index in [0.717, 1.165) is 6.42 Å². The average molecular weight is 287 g/mol. The van der Waals surface area contributed by atoms with E-state index in [0.29, 0.717) is 31.2 Å². The number of nitrogens with zero attached hydrogens (tertiary/aromatic N) is 1. The minimum absolute atomic E-state index is 0.120. The Bertz CT molecular complexity index is 542. The fourth-order valence-electron chi connectivity index (χ4n) is 3.55. The van der Waals surface area contributed by atoms with Crippen molar-refractivity contribution >= 4 is 11.9 Å². The molecular weight excluding hydrogens is 266 g/mol. The minimum atomic E-state index is -0.786. The SMILES string of the molecule is CC1C(C(=O)O)CCN1C(=O)C[C@@H]1C[C@H]1c1ccccc1. The summed E-state index contributed by atoms with van der Waals surface area (Å²) in [7, 11) is 0. The molecule has 112 valence electrons. The predicted octanol–water partition coefficient (Wildman–Crippen LogP) is 2.50. The van der Waals surface area contributed by atoms with Crippen LogP contribution in [-0.2, 0) is 9.59 Å². The molecule has 1 aromatic rings. The molecule has 0 spiro atoms. The standard InChI is InChI=1S/C17H21NO3/c1-11-14(17(20)21)7-8-18(11)16(19)10-13-9-15(13)12-5-3-2-4-6-12/h2-6,11,13-15H,7-10H2,1H3,(H,20,21)/t11?,13-,14?,15-/m0/s1. The number of likely N-dealkylation sites (tertiary alicyclic amines) is 1. The number of carboxylic acid groups (broad SMARTS) is 1. The molecule has 1 saturated heterocycles. The lowest BCUT2D eigenvalue weighted by atomic mass is 10.0. The molecule has 2 fully saturated rings. The normalized spacial score (nSPS) is 31.2. The number of hydrogen-bond acceptors (Lipinski definition) is 2. The first-order chi connectivity index (χ1) is 10.1. The largest absolute Gasteiger partial charge is 0.481 e. The zero-order valence-corrected chi connectivity index (χ0v) is 12.2. The third kappa shape index (κ3) is 2.80. The van der Waals surface area contributed by atoms with Gasteiger partial charge in [-0.25, -0.2) is 0 Å². The molecule has 1 aromatic carbocycles. The summed E-state index contributed by atoms with van der Waals surface area (Å²) >= 11 is 0. The lowest BCUT2D eigenvalue weighted by molar-refractivity contribution is -0.143. The summed E-state index contributed by atoms with van der Waals surface area (Å²) in [5, 5.41) is 9.13. The summed E-state index contributed by atoms with van der Waals surface area (Å²) in [4.78, 5) is 25.3. The van der Waals surface area contributed by atoms with Crippen LogP contribution in [0.15, 0.2) is 30.3 Å². The molecule has 4 atom stereocenters. The first-order valence-electron chi connectivity index (χ1n) is 7.65. The van der Waals surface area contributed by atoms with Crippen LogP contribution in [0, 0.1) is 11.8 Å². The van der Waals surface area contributed by atoms with Crippen LogP contribution in [0.3, 0.4) is 0 Å². The van der Waals surface area contributed by atoms with Crippen LogP contribution in [0.2, 0.25) is 0 Å². The van der Waals surface area contributed by atoms with Crippen LogP contribution in [0.25, 0.3) is 0 Å². The molecule has 1 N–H and O–H groups in total. The molecule has 21 heavy (non-hydrogen) atoms. The van der Waals surface area contributed by atoms with Gasteiger partial charge in [-0.05, 0) is 37.2 Å². The van der Waals surface area contributed by atoms with Gasteiger partial charge in [0.15, 0.2) is 0 Å². The maximum Gasteiger partial charge on any atom is 0.308 e. The Kier molecular flexibility index (Phi) is 3.70. The molecule has 1 aliphatic heterocycles. The molecule has 1 amide bonds. The molecule has 4 heteroatoms. The van der Waals surface area contributed by atoms with Gasteiger partial charge in [0.2, 0.25) is 5.91 Å². The Hall–Kier alpha value is -1.84. The van der Waals surface area contributed by atoms with Crippen LogP contribution < -0.4 is 0 Å². The quantitative estimate of drug-likeness (QED) is 0.925. The third-order valence-electron chi connectivity index (χ3n) is 4.98. The molecule has 2 aliphatic rings. The number of hydrogen-bond donors (Lipinski definition) is 1. The number of aliphatic carboxylic acids is 1. The molecular formula is C17H21NO3. The van der Waals surface area contributed by atoms with Crippen LogP contribution >= 0.6 is 0 Å². The van der Waals surface area contributed by atoms with E-state index < -0.39 is 11.9 Å². The second-order valence-electron chi connectivity index (χ2n) is 6.28. The summed E-state index contributed by atoms with van der Waals surface area (Å²) in [6, 6.07) is 10.1. The lowest BCUT2D eigenvalue weighted by Gasteiger charge is -2.23. The highest BCUT2D eigenvalue weighted by Crippen LogP contribution is 2.49. The van der Waals surface area contributed by atoms with Gasteiger partial charge in [-0.3, -0.25) is 9.59 Å². The van der Waals surface area contributed by atoms with Crippen LogP contribution in [0.1, 0.15) is 37.7 Å². The fraction of sp³-hybridized carbons (Fsp3) is 0.529. The maximum absolute atomic E-state index is 12.4. The summed E-state index contributed by atoms with van der Waals surface area (Å²) < 4.78 is 0. The highest BCUT2D eigenvalue weighted by molar-refractivity contribution is 5.80. The second kappa shape index (κ2) is 5.51. The number of benzene rings is 1. The van der Waals surface area contributed by atoms with Crippen molar-refractivity contribution in [3.63, 3.8) is 0 Å². The zero-order chi connectivity index (χ0) is 15.0. The molecule has 3 rings (SSSR count). The fourth-order valence-corrected chi connectivity index (χ4v) is 3.55. The van der Waals surface area contributed by atoms with Gasteiger partial charge in [-0.15, -0.1) is 0 Å². The predicted molar refractivity (Wildman–Crippen MR) is 78.8 cm³/mol. The summed E-state index contributed by atoms with van der Waals surface area (Å²) in [6.45, 7) is 2.44. The highest BCUT2D eigenvalue weighted by Gasteiger charge is 2.43. The van der Waals surface area contributed by atoms with E-state index in [2.05, 4.69) is 12.1 Å². The molecule has 1 heterocycles. The average Bonchev–Trinajstić information content (AvgIpc) is 3.11. The van der Waals surface area contributed by atoms with Crippen molar-refractivity contribution in [3.05, 3.63) is 35.9 Å². The van der Waals surface area contributed by atoms with Crippen molar-refractivity contribution in [2.24, 2.45) is 11.8 Å². The monoisotopic (exact) mass is 287 g/mol. The van der Waals surface area contributed by atoms with E-state index >= 15 is 0 Å². The summed E-state index contributed by atoms with van der Waals surface area (Å²) in [6.07, 6.45) is 2.20. The van der Waals surface area contributed by atoms with E-state index in [9.17, 15) is 9.59 Å². The van der Waals surface area contributed by atoms with Crippen molar-refractivity contribution < 1.29 is 14.7 Å². The number of carbonyl (C=O) groups excluding carboxylic acids is 1. The molecule has 1 aliphatic carbocycles. The van der Waals surface area contributed by atoms with Gasteiger partial charge in [0, 0.05) is 19.0 Å². The topological polar surface area (TPSA) is 57.6 Å². The Balaban J connectivity index is 1.56. The van der Waals surface area contributed by atoms with E-state index in [1.807, 2.05) is 25.1 Å². The number of carboxylic acids is 1. The summed E-state index contributed by atoms with van der Waals surface area (Å²) in [5.41, 5.74) is 1.31. The van der Waals surface area contributed by atoms with Gasteiger partial charge in [-0.1, -0.05) is 30.3 Å². The van der Waals surface area contributed by atoms with E-state index in [4.69, 9.17) is 5.11 Å². The van der Waals surface area contributed by atoms with Gasteiger partial charge in [-0.2, -0.15) is 0 Å². The van der Waals surface area contributed by atoms with Crippen LogP contribution in [-0.4, -0.2) is 34.5 Å². The van der Waals surface area contributed by atoms with E-state index in [1.165, 1.54) is 5.56 Å². The van der Waals surface area contributed by atoms with Gasteiger partial charge in [0.1, 0.15) is 0 Å². The minimum Gasteiger partial charge on any atom is -0.481 e. The first-order valence-corrected chi connectivity index (χ1v) is 7.65. The second-order valence-corrected chi connectivity index (χ2v) is 6.28. The summed E-state index contributed by atoms with van der Waals surface area (Å²) in [5.74, 6) is -0.140. The first kappa shape index (κ1) is 14.1. The van der Waals surface area contributed by atoms with Gasteiger partial charge < -0.3 is 10.0 Å². The van der Waals surface area contributed by atoms with E-state index in [-0.39, 0.29) is 11.9 Å². The molecule has 0 radical (unpaired) electrons. The molecule has 0 bridgehead atoms. The van der Waals surface area contributed by atoms with Crippen molar-refractivity contribution in [1.82, 2.24) is 4.90 Å². The van der Waals surface area contributed by atoms with Crippen LogP contribution in [0.5, 0.6) is 0 Å². The Morgan fingerprint density at radius 3 is 2.62 bits per heavy atom. The molecule has 4 nitrogen and oxygen atoms in total. The number of rotatable bonds is 4. The third-order valence-corrected chi connectivity index (χ3v) is 4.98. The Morgan fingerprint density at radius 1 is 1.29 bits per heavy atom. The number of carbonyl (C=O) groups is 2. The molecule has 0 aromatic heterocycles. The van der Waals surface area contributed by atoms with Crippen molar-refractivity contribution in [2.75, 3.05) is 6.54 Å². The van der Waals surface area contributed by atoms with Gasteiger partial charge in [0.25, 0.3) is 0 Å². The lowest BCUT2D eigenvalue weighted by Crippen LogP contribution is -2.37.